The van der Waals surface area contributed by atoms with Crippen LogP contribution in [0.15, 0.2) is 33.3 Å². The number of H-pyrrole nitrogens is 1. The maximum Gasteiger partial charge on any atom is 0.344 e. The first-order chi connectivity index (χ1) is 8.24. The van der Waals surface area contributed by atoms with Crippen molar-refractivity contribution < 1.29 is 0 Å². The minimum Gasteiger partial charge on any atom is -0.267 e. The van der Waals surface area contributed by atoms with E-state index < -0.39 is 0 Å². The number of pyridine rings is 1. The summed E-state index contributed by atoms with van der Waals surface area (Å²) in [7, 11) is 0. The zero-order valence-electron chi connectivity index (χ0n) is 8.76. The van der Waals surface area contributed by atoms with E-state index in [0.717, 1.165) is 17.9 Å². The lowest BCUT2D eigenvalue weighted by Crippen LogP contribution is -2.16. The molecule has 5 nitrogen and oxygen atoms in total. The molecule has 0 aromatic carbocycles. The molecule has 0 spiro atoms. The predicted molar refractivity (Wildman–Crippen MR) is 64.5 cm³/mol. The van der Waals surface area contributed by atoms with Crippen LogP contribution in [0.25, 0.3) is 0 Å². The van der Waals surface area contributed by atoms with Crippen LogP contribution in [0.4, 0.5) is 0 Å². The highest BCUT2D eigenvalue weighted by Crippen LogP contribution is 2.37. The Labute approximate surface area is 106 Å². The molecule has 0 radical (unpaired) electrons. The van der Waals surface area contributed by atoms with Gasteiger partial charge in [0.15, 0.2) is 5.16 Å². The van der Waals surface area contributed by atoms with Crippen LogP contribution in [0.2, 0.25) is 5.02 Å². The van der Waals surface area contributed by atoms with E-state index in [1.807, 2.05) is 6.07 Å². The van der Waals surface area contributed by atoms with Gasteiger partial charge in [0.05, 0.1) is 5.02 Å². The maximum atomic E-state index is 11.6. The van der Waals surface area contributed by atoms with Crippen molar-refractivity contribution in [1.82, 2.24) is 19.7 Å². The van der Waals surface area contributed by atoms with Crippen LogP contribution >= 0.6 is 23.4 Å². The lowest BCUT2D eigenvalue weighted by Gasteiger charge is -2.02. The van der Waals surface area contributed by atoms with Crippen molar-refractivity contribution in [3.63, 3.8) is 0 Å². The van der Waals surface area contributed by atoms with Gasteiger partial charge in [-0.25, -0.2) is 14.9 Å². The minimum absolute atomic E-state index is 0.149. The summed E-state index contributed by atoms with van der Waals surface area (Å²) in [6.45, 7) is 0. The van der Waals surface area contributed by atoms with Gasteiger partial charge in [-0.05, 0) is 36.7 Å². The average molecular weight is 269 g/mol. The Morgan fingerprint density at radius 2 is 2.29 bits per heavy atom. The molecule has 2 aromatic heterocycles. The quantitative estimate of drug-likeness (QED) is 0.926. The zero-order chi connectivity index (χ0) is 11.8. The van der Waals surface area contributed by atoms with E-state index in [4.69, 9.17) is 11.6 Å². The van der Waals surface area contributed by atoms with Gasteiger partial charge in [-0.15, -0.1) is 5.10 Å². The Balaban J connectivity index is 1.90. The fourth-order valence-corrected chi connectivity index (χ4v) is 2.50. The summed E-state index contributed by atoms with van der Waals surface area (Å²) >= 11 is 7.12. The predicted octanol–water partition coefficient (Wildman–Crippen LogP) is 2.11. The summed E-state index contributed by atoms with van der Waals surface area (Å²) in [4.78, 5) is 15.7. The largest absolute Gasteiger partial charge is 0.344 e. The van der Waals surface area contributed by atoms with Crippen molar-refractivity contribution in [1.29, 1.82) is 0 Å². The molecule has 17 heavy (non-hydrogen) atoms. The molecule has 0 aliphatic heterocycles. The highest BCUT2D eigenvalue weighted by molar-refractivity contribution is 7.99. The van der Waals surface area contributed by atoms with Gasteiger partial charge in [-0.1, -0.05) is 11.6 Å². The first-order valence-electron chi connectivity index (χ1n) is 5.20. The highest BCUT2D eigenvalue weighted by Gasteiger charge is 2.28. The highest BCUT2D eigenvalue weighted by atomic mass is 35.5. The molecule has 0 bridgehead atoms. The molecule has 1 N–H and O–H groups in total. The number of hydrogen-bond acceptors (Lipinski definition) is 4. The average Bonchev–Trinajstić information content (AvgIpc) is 3.08. The Hall–Kier alpha value is -1.27. The summed E-state index contributed by atoms with van der Waals surface area (Å²) in [5.41, 5.74) is -0.149. The third-order valence-electron chi connectivity index (χ3n) is 2.48. The number of aromatic amines is 1. The second kappa shape index (κ2) is 4.19. The first-order valence-corrected chi connectivity index (χ1v) is 6.40. The van der Waals surface area contributed by atoms with E-state index in [9.17, 15) is 4.79 Å². The molecular weight excluding hydrogens is 260 g/mol. The molecule has 1 saturated carbocycles. The van der Waals surface area contributed by atoms with Crippen LogP contribution in [-0.2, 0) is 0 Å². The molecule has 1 aliphatic rings. The van der Waals surface area contributed by atoms with Gasteiger partial charge in [-0.3, -0.25) is 4.57 Å². The van der Waals surface area contributed by atoms with Gasteiger partial charge in [0, 0.05) is 12.2 Å². The van der Waals surface area contributed by atoms with Crippen LogP contribution in [0.1, 0.15) is 18.9 Å². The van der Waals surface area contributed by atoms with E-state index in [1.54, 1.807) is 16.8 Å². The van der Waals surface area contributed by atoms with Crippen molar-refractivity contribution in [3.05, 3.63) is 33.8 Å². The summed E-state index contributed by atoms with van der Waals surface area (Å²) in [6, 6.07) is 3.88. The van der Waals surface area contributed by atoms with Crippen molar-refractivity contribution >= 4 is 23.4 Å². The molecule has 2 aromatic rings. The molecule has 0 amide bonds. The maximum absolute atomic E-state index is 11.6. The van der Waals surface area contributed by atoms with Gasteiger partial charge in [0.25, 0.3) is 0 Å². The van der Waals surface area contributed by atoms with Gasteiger partial charge >= 0.3 is 5.69 Å². The van der Waals surface area contributed by atoms with Crippen molar-refractivity contribution in [3.8, 4) is 0 Å². The van der Waals surface area contributed by atoms with Crippen LogP contribution < -0.4 is 5.69 Å². The fraction of sp³-hybridized carbons (Fsp3) is 0.300. The number of rotatable bonds is 3. The minimum atomic E-state index is -0.149. The van der Waals surface area contributed by atoms with Crippen molar-refractivity contribution in [2.24, 2.45) is 0 Å². The Morgan fingerprint density at radius 1 is 1.47 bits per heavy atom. The van der Waals surface area contributed by atoms with E-state index in [-0.39, 0.29) is 5.69 Å². The Kier molecular flexibility index (Phi) is 2.68. The molecule has 2 heterocycles. The molecule has 0 saturated heterocycles. The third kappa shape index (κ3) is 2.23. The summed E-state index contributed by atoms with van der Waals surface area (Å²) in [5, 5.41) is 8.51. The van der Waals surface area contributed by atoms with E-state index in [0.29, 0.717) is 16.2 Å². The topological polar surface area (TPSA) is 63.6 Å². The summed E-state index contributed by atoms with van der Waals surface area (Å²) < 4.78 is 1.70. The number of halogens is 1. The fourth-order valence-electron chi connectivity index (χ4n) is 1.53. The smallest absolute Gasteiger partial charge is 0.267 e. The van der Waals surface area contributed by atoms with Gasteiger partial charge in [0.1, 0.15) is 5.03 Å². The number of nitrogens with zero attached hydrogens (tertiary/aromatic N) is 3. The molecule has 1 aliphatic carbocycles. The van der Waals surface area contributed by atoms with E-state index >= 15 is 0 Å². The van der Waals surface area contributed by atoms with Gasteiger partial charge in [-0.2, -0.15) is 0 Å². The molecule has 0 atom stereocenters. The monoisotopic (exact) mass is 268 g/mol. The Morgan fingerprint density at radius 3 is 2.94 bits per heavy atom. The SMILES string of the molecule is O=c1[nH]nc(Sc2ccc(Cl)cn2)n1C1CC1. The summed E-state index contributed by atoms with van der Waals surface area (Å²) in [5.74, 6) is 0. The van der Waals surface area contributed by atoms with Gasteiger partial charge in [0.2, 0.25) is 0 Å². The molecule has 88 valence electrons. The third-order valence-corrected chi connectivity index (χ3v) is 3.62. The molecule has 0 unspecified atom stereocenters. The lowest BCUT2D eigenvalue weighted by molar-refractivity contribution is 0.642. The van der Waals surface area contributed by atoms with E-state index in [2.05, 4.69) is 15.2 Å². The van der Waals surface area contributed by atoms with Gasteiger partial charge < -0.3 is 0 Å². The van der Waals surface area contributed by atoms with E-state index in [1.165, 1.54) is 11.8 Å². The van der Waals surface area contributed by atoms with Crippen molar-refractivity contribution in [2.75, 3.05) is 0 Å². The number of nitrogens with one attached hydrogen (secondary N) is 1. The molecule has 7 heteroatoms. The van der Waals surface area contributed by atoms with Crippen LogP contribution in [-0.4, -0.2) is 19.7 Å². The summed E-state index contributed by atoms with van der Waals surface area (Å²) in [6.07, 6.45) is 3.66. The van der Waals surface area contributed by atoms with Crippen LogP contribution in [0.3, 0.4) is 0 Å². The molecular formula is C10H9ClN4OS. The second-order valence-corrected chi connectivity index (χ2v) is 5.25. The lowest BCUT2D eigenvalue weighted by atomic mass is 10.5. The standard InChI is InChI=1S/C10H9ClN4OS/c11-6-1-4-8(12-5-6)17-10-14-13-9(16)15(10)7-2-3-7/h1,4-5,7H,2-3H2,(H,13,16). The number of aromatic nitrogens is 4. The first kappa shape index (κ1) is 10.9. The number of hydrogen-bond donors (Lipinski definition) is 1. The molecule has 1 fully saturated rings. The van der Waals surface area contributed by atoms with Crippen LogP contribution in [0, 0.1) is 0 Å². The molecule has 3 rings (SSSR count). The van der Waals surface area contributed by atoms with Crippen LogP contribution in [0.5, 0.6) is 0 Å². The van der Waals surface area contributed by atoms with Crippen molar-refractivity contribution in [2.45, 2.75) is 29.1 Å². The zero-order valence-corrected chi connectivity index (χ0v) is 10.3. The second-order valence-electron chi connectivity index (χ2n) is 3.83. The normalized spacial score (nSPS) is 15.1. The Bertz CT molecular complexity index is 587.